The van der Waals surface area contributed by atoms with Crippen LogP contribution in [0.1, 0.15) is 76.5 Å². The molecule has 7 aromatic rings. The molecular formula is C63H63N3. The quantitative estimate of drug-likeness (QED) is 0.0628. The second kappa shape index (κ2) is 23.4. The molecule has 0 aliphatic heterocycles. The van der Waals surface area contributed by atoms with Crippen LogP contribution in [0.2, 0.25) is 0 Å². The van der Waals surface area contributed by atoms with Gasteiger partial charge in [0.2, 0.25) is 0 Å². The zero-order valence-electron chi connectivity index (χ0n) is 39.1. The molecule has 0 spiro atoms. The highest BCUT2D eigenvalue weighted by atomic mass is 15.0. The van der Waals surface area contributed by atoms with Gasteiger partial charge in [-0.1, -0.05) is 185 Å². The predicted molar refractivity (Wildman–Crippen MR) is 290 cm³/mol. The number of rotatable bonds is 19. The zero-order valence-corrected chi connectivity index (χ0v) is 39.1. The van der Waals surface area contributed by atoms with Crippen LogP contribution in [0, 0.1) is 0 Å². The maximum atomic E-state index is 6.86. The molecule has 3 N–H and O–H groups in total. The molecule has 6 aromatic carbocycles. The van der Waals surface area contributed by atoms with Gasteiger partial charge in [0.1, 0.15) is 0 Å². The third kappa shape index (κ3) is 11.5. The van der Waals surface area contributed by atoms with Crippen LogP contribution in [-0.2, 0) is 0 Å². The monoisotopic (exact) mass is 862 g/mol. The van der Waals surface area contributed by atoms with Crippen molar-refractivity contribution in [1.29, 1.82) is 0 Å². The predicted octanol–water partition coefficient (Wildman–Crippen LogP) is 17.7. The highest BCUT2D eigenvalue weighted by Gasteiger charge is 2.15. The van der Waals surface area contributed by atoms with Gasteiger partial charge >= 0.3 is 0 Å². The van der Waals surface area contributed by atoms with Gasteiger partial charge in [0.25, 0.3) is 0 Å². The molecule has 0 saturated carbocycles. The second-order valence-corrected chi connectivity index (χ2v) is 16.4. The fraction of sp³-hybridized carbons (Fsp3) is 0.143. The molecule has 0 unspecified atom stereocenters. The minimum Gasteiger partial charge on any atom is -0.398 e. The van der Waals surface area contributed by atoms with Gasteiger partial charge in [-0.05, 0) is 144 Å². The minimum atomic E-state index is 0.774. The number of nitrogens with one attached hydrogen (secondary N) is 1. The molecule has 0 aliphatic carbocycles. The Bertz CT molecular complexity index is 3030. The van der Waals surface area contributed by atoms with Crippen LogP contribution in [0.15, 0.2) is 236 Å². The molecule has 0 saturated heterocycles. The maximum Gasteiger partial charge on any atom is 0.0541 e. The Kier molecular flexibility index (Phi) is 16.4. The van der Waals surface area contributed by atoms with Gasteiger partial charge < -0.3 is 15.6 Å². The average Bonchev–Trinajstić information content (AvgIpc) is 3.68. The van der Waals surface area contributed by atoms with E-state index < -0.39 is 0 Å². The number of aromatic nitrogens is 1. The molecule has 0 bridgehead atoms. The number of hydrogen-bond donors (Lipinski definition) is 2. The van der Waals surface area contributed by atoms with Crippen LogP contribution in [0.4, 0.5) is 11.4 Å². The van der Waals surface area contributed by atoms with E-state index in [1.165, 1.54) is 10.8 Å². The van der Waals surface area contributed by atoms with Gasteiger partial charge in [-0.25, -0.2) is 0 Å². The molecular weight excluding hydrogens is 799 g/mol. The van der Waals surface area contributed by atoms with Crippen molar-refractivity contribution in [2.24, 2.45) is 5.73 Å². The molecule has 3 nitrogen and oxygen atoms in total. The number of hydrogen-bond acceptors (Lipinski definition) is 2. The van der Waals surface area contributed by atoms with Gasteiger partial charge in [0, 0.05) is 39.1 Å². The lowest BCUT2D eigenvalue weighted by molar-refractivity contribution is 1.05. The van der Waals surface area contributed by atoms with E-state index in [9.17, 15) is 0 Å². The molecule has 7 rings (SSSR count). The standard InChI is InChI=1S/C63H63N3/c1-6-10-12-13-14-15-17-29-53(46-60(64)48(26-8-3)28-11-7-2)51-31-24-30-50(43-51)52-32-25-35-56(44-52)66-62-39-23-21-37-58(62)59-45-54(40-41-63(59)66)49(27-9-4)42-47(5)57-36-20-22-38-61(57)65-55-33-18-16-19-34-55/h9-14,16,18-46,65H,4,6-8,15,17,64H2,1-3,5H3/b12-10-,14-13-,28-11-,47-42+,48-26+,49-27+,53-29+,60-46-. The van der Waals surface area contributed by atoms with Gasteiger partial charge in [-0.2, -0.15) is 0 Å². The van der Waals surface area contributed by atoms with Crippen LogP contribution >= 0.6 is 0 Å². The number of benzene rings is 6. The third-order valence-corrected chi connectivity index (χ3v) is 11.6. The van der Waals surface area contributed by atoms with E-state index in [0.717, 1.165) is 116 Å². The Morgan fingerprint density at radius 2 is 1.32 bits per heavy atom. The summed E-state index contributed by atoms with van der Waals surface area (Å²) in [5, 5.41) is 6.02. The van der Waals surface area contributed by atoms with E-state index in [2.05, 4.69) is 251 Å². The number of unbranched alkanes of at least 4 members (excludes halogenated alkanes) is 1. The highest BCUT2D eigenvalue weighted by Crippen LogP contribution is 2.37. The Morgan fingerprint density at radius 1 is 0.606 bits per heavy atom. The largest absolute Gasteiger partial charge is 0.398 e. The summed E-state index contributed by atoms with van der Waals surface area (Å²) >= 11 is 0. The van der Waals surface area contributed by atoms with Gasteiger partial charge in [0.05, 0.1) is 11.0 Å². The van der Waals surface area contributed by atoms with Crippen LogP contribution in [-0.4, -0.2) is 4.57 Å². The van der Waals surface area contributed by atoms with Gasteiger partial charge in [-0.3, -0.25) is 0 Å². The summed E-state index contributed by atoms with van der Waals surface area (Å²) < 4.78 is 2.40. The second-order valence-electron chi connectivity index (χ2n) is 16.4. The maximum absolute atomic E-state index is 6.86. The fourth-order valence-electron chi connectivity index (χ4n) is 8.39. The molecule has 66 heavy (non-hydrogen) atoms. The van der Waals surface area contributed by atoms with Crippen molar-refractivity contribution in [3.8, 4) is 16.8 Å². The Hall–Kier alpha value is -7.62. The van der Waals surface area contributed by atoms with Crippen molar-refractivity contribution in [3.05, 3.63) is 253 Å². The topological polar surface area (TPSA) is 43.0 Å². The summed E-state index contributed by atoms with van der Waals surface area (Å²) in [4.78, 5) is 0. The number of anilines is 2. The summed E-state index contributed by atoms with van der Waals surface area (Å²) in [6, 6.07) is 52.1. The van der Waals surface area contributed by atoms with E-state index in [4.69, 9.17) is 5.73 Å². The molecule has 0 fully saturated rings. The van der Waals surface area contributed by atoms with Gasteiger partial charge in [0.15, 0.2) is 0 Å². The summed E-state index contributed by atoms with van der Waals surface area (Å²) in [5.41, 5.74) is 23.3. The first-order valence-corrected chi connectivity index (χ1v) is 23.5. The van der Waals surface area contributed by atoms with Crippen LogP contribution < -0.4 is 11.1 Å². The molecule has 1 heterocycles. The van der Waals surface area contributed by atoms with E-state index in [1.54, 1.807) is 0 Å². The summed E-state index contributed by atoms with van der Waals surface area (Å²) in [7, 11) is 0. The Balaban J connectivity index is 1.25. The molecule has 1 aromatic heterocycles. The molecule has 0 radical (unpaired) electrons. The lowest BCUT2D eigenvalue weighted by Crippen LogP contribution is -2.01. The third-order valence-electron chi connectivity index (χ3n) is 11.6. The van der Waals surface area contributed by atoms with Crippen LogP contribution in [0.3, 0.4) is 0 Å². The van der Waals surface area contributed by atoms with E-state index in [0.29, 0.717) is 0 Å². The van der Waals surface area contributed by atoms with Crippen molar-refractivity contribution in [2.45, 2.75) is 59.8 Å². The van der Waals surface area contributed by atoms with Crippen molar-refractivity contribution in [3.63, 3.8) is 0 Å². The molecule has 330 valence electrons. The van der Waals surface area contributed by atoms with E-state index in [1.807, 2.05) is 12.1 Å². The molecule has 0 atom stereocenters. The van der Waals surface area contributed by atoms with Crippen LogP contribution in [0.5, 0.6) is 0 Å². The first-order chi connectivity index (χ1) is 32.4. The smallest absolute Gasteiger partial charge is 0.0541 e. The lowest BCUT2D eigenvalue weighted by atomic mass is 9.96. The number of fused-ring (bicyclic) bond motifs is 3. The zero-order chi connectivity index (χ0) is 46.1. The Labute approximate surface area is 393 Å². The van der Waals surface area contributed by atoms with E-state index in [-0.39, 0.29) is 0 Å². The van der Waals surface area contributed by atoms with Crippen molar-refractivity contribution in [1.82, 2.24) is 4.57 Å². The summed E-state index contributed by atoms with van der Waals surface area (Å²) in [5.74, 6) is 0. The summed E-state index contributed by atoms with van der Waals surface area (Å²) in [6.07, 6.45) is 30.7. The number of allylic oxidation sites excluding steroid dienone is 15. The Morgan fingerprint density at radius 3 is 2.12 bits per heavy atom. The fourth-order valence-corrected chi connectivity index (χ4v) is 8.39. The molecule has 0 amide bonds. The SMILES string of the molecule is C=C/C=C(\C=C(/C)c1ccccc1Nc1ccccc1)c1ccc2c(c1)c1ccccc1n2-c1cccc(-c2cccc(C(/C=C(N)/C(/C=C\CC)=C/CC)=C/CC/C=C\C=C/CC)c2)c1. The van der Waals surface area contributed by atoms with Crippen molar-refractivity contribution < 1.29 is 0 Å². The summed E-state index contributed by atoms with van der Waals surface area (Å²) in [6.45, 7) is 12.7. The normalized spacial score (nSPS) is 13.2. The first kappa shape index (κ1) is 46.4. The molecule has 0 aliphatic rings. The van der Waals surface area contributed by atoms with Gasteiger partial charge in [-0.15, -0.1) is 0 Å². The molecule has 3 heteroatoms. The number of nitrogens with two attached hydrogens (primary N) is 1. The van der Waals surface area contributed by atoms with Crippen molar-refractivity contribution >= 4 is 49.9 Å². The number of nitrogens with zero attached hydrogens (tertiary/aromatic N) is 1. The van der Waals surface area contributed by atoms with E-state index >= 15 is 0 Å². The number of para-hydroxylation sites is 3. The van der Waals surface area contributed by atoms with Crippen LogP contribution in [0.25, 0.3) is 55.3 Å². The lowest BCUT2D eigenvalue weighted by Gasteiger charge is -2.14. The highest BCUT2D eigenvalue weighted by molar-refractivity contribution is 6.10. The average molecular weight is 862 g/mol. The minimum absolute atomic E-state index is 0.774. The van der Waals surface area contributed by atoms with Crippen molar-refractivity contribution in [2.75, 3.05) is 5.32 Å². The first-order valence-electron chi connectivity index (χ1n) is 23.5.